The maximum Gasteiger partial charge on any atom is 0.0642 e. The van der Waals surface area contributed by atoms with E-state index in [1.165, 1.54) is 18.4 Å². The van der Waals surface area contributed by atoms with Crippen LogP contribution in [-0.4, -0.2) is 31.3 Å². The van der Waals surface area contributed by atoms with E-state index in [-0.39, 0.29) is 6.61 Å². The number of hydrogen-bond donors (Lipinski definition) is 2. The number of para-hydroxylation sites is 1. The number of nitrogens with one attached hydrogen (secondary N) is 1. The van der Waals surface area contributed by atoms with Crippen LogP contribution in [-0.2, 0) is 6.54 Å². The van der Waals surface area contributed by atoms with Crippen molar-refractivity contribution in [3.05, 3.63) is 28.8 Å². The van der Waals surface area contributed by atoms with Crippen molar-refractivity contribution in [3.8, 4) is 0 Å². The van der Waals surface area contributed by atoms with E-state index in [2.05, 4.69) is 11.4 Å². The first-order chi connectivity index (χ1) is 8.22. The van der Waals surface area contributed by atoms with Gasteiger partial charge in [-0.3, -0.25) is 0 Å². The topological polar surface area (TPSA) is 35.5 Å². The van der Waals surface area contributed by atoms with Crippen LogP contribution in [0.5, 0.6) is 0 Å². The molecule has 3 nitrogen and oxygen atoms in total. The molecule has 17 heavy (non-hydrogen) atoms. The highest BCUT2D eigenvalue weighted by molar-refractivity contribution is 6.33. The predicted molar refractivity (Wildman–Crippen MR) is 71.7 cm³/mol. The third-order valence-electron chi connectivity index (χ3n) is 3.05. The summed E-state index contributed by atoms with van der Waals surface area (Å²) < 4.78 is 0. The number of rotatable bonds is 6. The summed E-state index contributed by atoms with van der Waals surface area (Å²) in [6.07, 6.45) is 2.56. The monoisotopic (exact) mass is 254 g/mol. The van der Waals surface area contributed by atoms with E-state index in [0.29, 0.717) is 12.6 Å². The Bertz CT molecular complexity index is 380. The standard InChI is InChI=1S/C13H19ClN2O/c1-16(7-8-17)13-10(3-2-4-12(13)14)9-15-11-5-6-11/h2-4,11,15,17H,5-9H2,1H3. The van der Waals surface area contributed by atoms with Gasteiger partial charge in [0.2, 0.25) is 0 Å². The van der Waals surface area contributed by atoms with Crippen LogP contribution in [0, 0.1) is 0 Å². The third kappa shape index (κ3) is 3.35. The van der Waals surface area contributed by atoms with Crippen LogP contribution in [0.15, 0.2) is 18.2 Å². The van der Waals surface area contributed by atoms with Gasteiger partial charge < -0.3 is 15.3 Å². The number of likely N-dealkylation sites (N-methyl/N-ethyl adjacent to an activating group) is 1. The first kappa shape index (κ1) is 12.7. The van der Waals surface area contributed by atoms with Crippen LogP contribution in [0.4, 0.5) is 5.69 Å². The van der Waals surface area contributed by atoms with Crippen molar-refractivity contribution in [1.82, 2.24) is 5.32 Å². The normalized spacial score (nSPS) is 15.0. The van der Waals surface area contributed by atoms with Gasteiger partial charge in [0, 0.05) is 26.2 Å². The van der Waals surface area contributed by atoms with Gasteiger partial charge in [-0.15, -0.1) is 0 Å². The zero-order valence-corrected chi connectivity index (χ0v) is 10.9. The van der Waals surface area contributed by atoms with E-state index in [1.54, 1.807) is 0 Å². The predicted octanol–water partition coefficient (Wildman–Crippen LogP) is 2.02. The molecule has 1 saturated carbocycles. The Labute approximate surface area is 107 Å². The number of aliphatic hydroxyl groups is 1. The van der Waals surface area contributed by atoms with Gasteiger partial charge in [-0.05, 0) is 24.5 Å². The molecule has 0 atom stereocenters. The second-order valence-electron chi connectivity index (χ2n) is 4.55. The van der Waals surface area contributed by atoms with Crippen molar-refractivity contribution in [1.29, 1.82) is 0 Å². The zero-order valence-electron chi connectivity index (χ0n) is 10.1. The molecule has 4 heteroatoms. The van der Waals surface area contributed by atoms with Gasteiger partial charge >= 0.3 is 0 Å². The lowest BCUT2D eigenvalue weighted by Crippen LogP contribution is -2.24. The van der Waals surface area contributed by atoms with E-state index < -0.39 is 0 Å². The first-order valence-corrected chi connectivity index (χ1v) is 6.43. The molecule has 2 rings (SSSR count). The average Bonchev–Trinajstić information content (AvgIpc) is 3.10. The van der Waals surface area contributed by atoms with E-state index in [0.717, 1.165) is 17.3 Å². The maximum absolute atomic E-state index is 9.01. The summed E-state index contributed by atoms with van der Waals surface area (Å²) in [5.41, 5.74) is 2.22. The molecular formula is C13H19ClN2O. The molecule has 94 valence electrons. The van der Waals surface area contributed by atoms with E-state index >= 15 is 0 Å². The molecule has 0 amide bonds. The van der Waals surface area contributed by atoms with Gasteiger partial charge in [-0.2, -0.15) is 0 Å². The number of halogens is 1. The molecule has 0 aromatic heterocycles. The fourth-order valence-corrected chi connectivity index (χ4v) is 2.27. The third-order valence-corrected chi connectivity index (χ3v) is 3.35. The quantitative estimate of drug-likeness (QED) is 0.815. The molecule has 0 unspecified atom stereocenters. The minimum Gasteiger partial charge on any atom is -0.395 e. The van der Waals surface area contributed by atoms with Gasteiger partial charge in [0.1, 0.15) is 0 Å². The highest BCUT2D eigenvalue weighted by atomic mass is 35.5. The molecule has 2 N–H and O–H groups in total. The molecule has 0 aliphatic heterocycles. The fraction of sp³-hybridized carbons (Fsp3) is 0.538. The fourth-order valence-electron chi connectivity index (χ4n) is 1.93. The summed E-state index contributed by atoms with van der Waals surface area (Å²) in [7, 11) is 1.96. The Kier molecular flexibility index (Phi) is 4.26. The lowest BCUT2D eigenvalue weighted by atomic mass is 10.1. The smallest absolute Gasteiger partial charge is 0.0642 e. The number of hydrogen-bond acceptors (Lipinski definition) is 3. The molecule has 0 bridgehead atoms. The Morgan fingerprint density at radius 3 is 2.88 bits per heavy atom. The molecule has 1 aromatic rings. The second-order valence-corrected chi connectivity index (χ2v) is 4.96. The molecule has 0 heterocycles. The maximum atomic E-state index is 9.01. The van der Waals surface area contributed by atoms with Crippen LogP contribution in [0.2, 0.25) is 5.02 Å². The SMILES string of the molecule is CN(CCO)c1c(Cl)cccc1CNC1CC1. The van der Waals surface area contributed by atoms with Gasteiger partial charge in [-0.1, -0.05) is 23.7 Å². The zero-order chi connectivity index (χ0) is 12.3. The first-order valence-electron chi connectivity index (χ1n) is 6.05. The Morgan fingerprint density at radius 2 is 2.24 bits per heavy atom. The molecule has 0 spiro atoms. The van der Waals surface area contributed by atoms with Gasteiger partial charge in [0.25, 0.3) is 0 Å². The van der Waals surface area contributed by atoms with Gasteiger partial charge in [0.05, 0.1) is 17.3 Å². The minimum atomic E-state index is 0.136. The molecule has 0 radical (unpaired) electrons. The van der Waals surface area contributed by atoms with E-state index in [9.17, 15) is 0 Å². The van der Waals surface area contributed by atoms with Crippen molar-refractivity contribution >= 4 is 17.3 Å². The molecule has 1 fully saturated rings. The molecule has 0 saturated heterocycles. The van der Waals surface area contributed by atoms with Gasteiger partial charge in [0.15, 0.2) is 0 Å². The van der Waals surface area contributed by atoms with Crippen LogP contribution in [0.3, 0.4) is 0 Å². The highest BCUT2D eigenvalue weighted by Gasteiger charge is 2.21. The lowest BCUT2D eigenvalue weighted by molar-refractivity contribution is 0.304. The summed E-state index contributed by atoms with van der Waals surface area (Å²) >= 11 is 6.24. The Morgan fingerprint density at radius 1 is 1.47 bits per heavy atom. The molecule has 1 aromatic carbocycles. The highest BCUT2D eigenvalue weighted by Crippen LogP contribution is 2.30. The summed E-state index contributed by atoms with van der Waals surface area (Å²) in [5, 5.41) is 13.2. The number of aliphatic hydroxyl groups excluding tert-OH is 1. The van der Waals surface area contributed by atoms with Crippen molar-refractivity contribution in [2.24, 2.45) is 0 Å². The van der Waals surface area contributed by atoms with Gasteiger partial charge in [-0.25, -0.2) is 0 Å². The molecular weight excluding hydrogens is 236 g/mol. The lowest BCUT2D eigenvalue weighted by Gasteiger charge is -2.23. The van der Waals surface area contributed by atoms with Crippen LogP contribution < -0.4 is 10.2 Å². The summed E-state index contributed by atoms with van der Waals surface area (Å²) in [4.78, 5) is 2.01. The Hall–Kier alpha value is -0.770. The van der Waals surface area contributed by atoms with E-state index in [1.807, 2.05) is 24.1 Å². The van der Waals surface area contributed by atoms with Crippen molar-refractivity contribution in [3.63, 3.8) is 0 Å². The summed E-state index contributed by atoms with van der Waals surface area (Å²) in [5.74, 6) is 0. The molecule has 1 aliphatic rings. The number of nitrogens with zero attached hydrogens (tertiary/aromatic N) is 1. The summed E-state index contributed by atoms with van der Waals surface area (Å²) in [6, 6.07) is 6.64. The number of anilines is 1. The molecule has 1 aliphatic carbocycles. The average molecular weight is 255 g/mol. The van der Waals surface area contributed by atoms with Crippen molar-refractivity contribution in [2.75, 3.05) is 25.1 Å². The van der Waals surface area contributed by atoms with Crippen LogP contribution in [0.25, 0.3) is 0 Å². The second kappa shape index (κ2) is 5.71. The number of benzene rings is 1. The van der Waals surface area contributed by atoms with Crippen molar-refractivity contribution < 1.29 is 5.11 Å². The largest absolute Gasteiger partial charge is 0.395 e. The van der Waals surface area contributed by atoms with Crippen LogP contribution in [0.1, 0.15) is 18.4 Å². The minimum absolute atomic E-state index is 0.136. The van der Waals surface area contributed by atoms with E-state index in [4.69, 9.17) is 16.7 Å². The van der Waals surface area contributed by atoms with Crippen LogP contribution >= 0.6 is 11.6 Å². The summed E-state index contributed by atoms with van der Waals surface area (Å²) in [6.45, 7) is 1.58. The van der Waals surface area contributed by atoms with Crippen molar-refractivity contribution in [2.45, 2.75) is 25.4 Å². The Balaban J connectivity index is 2.13.